The summed E-state index contributed by atoms with van der Waals surface area (Å²) in [5.41, 5.74) is 1.98. The van der Waals surface area contributed by atoms with Gasteiger partial charge in [-0.3, -0.25) is 0 Å². The normalized spacial score (nSPS) is 12.8. The zero-order valence-corrected chi connectivity index (χ0v) is 12.7. The van der Waals surface area contributed by atoms with Crippen molar-refractivity contribution >= 4 is 38.9 Å². The van der Waals surface area contributed by atoms with Gasteiger partial charge < -0.3 is 5.11 Å². The highest BCUT2D eigenvalue weighted by molar-refractivity contribution is 9.10. The number of aliphatic hydroxyl groups excluding tert-OH is 1. The molecule has 1 nitrogen and oxygen atoms in total. The number of aryl methyl sites for hydroxylation is 2. The summed E-state index contributed by atoms with van der Waals surface area (Å²) in [7, 11) is 0. The lowest BCUT2D eigenvalue weighted by Gasteiger charge is -2.11. The molecular formula is C13H12BrClOS. The number of halogens is 2. The van der Waals surface area contributed by atoms with Crippen LogP contribution in [-0.2, 0) is 0 Å². The Morgan fingerprint density at radius 1 is 1.29 bits per heavy atom. The molecule has 0 aliphatic carbocycles. The van der Waals surface area contributed by atoms with Gasteiger partial charge in [-0.1, -0.05) is 17.7 Å². The summed E-state index contributed by atoms with van der Waals surface area (Å²) in [6.07, 6.45) is -0.581. The van der Waals surface area contributed by atoms with Crippen LogP contribution in [0.4, 0.5) is 0 Å². The summed E-state index contributed by atoms with van der Waals surface area (Å²) in [5, 5.41) is 11.0. The predicted octanol–water partition coefficient (Wildman–Crippen LogP) is 4.86. The van der Waals surface area contributed by atoms with Gasteiger partial charge in [0.1, 0.15) is 6.10 Å². The topological polar surface area (TPSA) is 20.2 Å². The lowest BCUT2D eigenvalue weighted by molar-refractivity contribution is 0.223. The number of hydrogen-bond donors (Lipinski definition) is 1. The van der Waals surface area contributed by atoms with Crippen molar-refractivity contribution in [3.8, 4) is 0 Å². The monoisotopic (exact) mass is 330 g/mol. The van der Waals surface area contributed by atoms with E-state index >= 15 is 0 Å². The van der Waals surface area contributed by atoms with Gasteiger partial charge in [0.15, 0.2) is 0 Å². The van der Waals surface area contributed by atoms with E-state index in [9.17, 15) is 5.11 Å². The molecule has 90 valence electrons. The van der Waals surface area contributed by atoms with Crippen molar-refractivity contribution < 1.29 is 5.11 Å². The molecule has 0 fully saturated rings. The third-order valence-electron chi connectivity index (χ3n) is 2.59. The molecule has 0 saturated heterocycles. The maximum absolute atomic E-state index is 10.3. The van der Waals surface area contributed by atoms with Crippen LogP contribution in [0.25, 0.3) is 0 Å². The predicted molar refractivity (Wildman–Crippen MR) is 77.0 cm³/mol. The number of rotatable bonds is 2. The molecule has 1 N–H and O–H groups in total. The molecule has 1 heterocycles. The molecule has 1 aromatic carbocycles. The molecule has 1 aromatic heterocycles. The zero-order chi connectivity index (χ0) is 12.6. The fourth-order valence-corrected chi connectivity index (χ4v) is 3.33. The molecule has 2 aromatic rings. The molecule has 0 bridgehead atoms. The summed E-state index contributed by atoms with van der Waals surface area (Å²) >= 11 is 10.9. The summed E-state index contributed by atoms with van der Waals surface area (Å²) in [5.74, 6) is 0. The molecule has 0 radical (unpaired) electrons. The van der Waals surface area contributed by atoms with Gasteiger partial charge in [-0.2, -0.15) is 0 Å². The first-order chi connectivity index (χ1) is 7.99. The lowest BCUT2D eigenvalue weighted by atomic mass is 10.1. The molecule has 1 atom stereocenters. The molecule has 0 saturated carbocycles. The summed E-state index contributed by atoms with van der Waals surface area (Å²) in [6.45, 7) is 4.07. The molecular weight excluding hydrogens is 320 g/mol. The molecule has 17 heavy (non-hydrogen) atoms. The van der Waals surface area contributed by atoms with E-state index in [1.165, 1.54) is 4.88 Å². The van der Waals surface area contributed by atoms with E-state index in [1.807, 2.05) is 26.0 Å². The highest BCUT2D eigenvalue weighted by atomic mass is 79.9. The van der Waals surface area contributed by atoms with Crippen molar-refractivity contribution in [3.63, 3.8) is 0 Å². The standard InChI is InChI=1S/C13H12BrClOS/c1-7-5-8(2)17-13(7)12(16)9-3-4-11(15)10(14)6-9/h3-6,12,16H,1-2H3. The molecule has 0 spiro atoms. The second kappa shape index (κ2) is 5.11. The fraction of sp³-hybridized carbons (Fsp3) is 0.231. The lowest BCUT2D eigenvalue weighted by Crippen LogP contribution is -1.98. The quantitative estimate of drug-likeness (QED) is 0.833. The van der Waals surface area contributed by atoms with E-state index in [4.69, 9.17) is 11.6 Å². The van der Waals surface area contributed by atoms with E-state index in [-0.39, 0.29) is 0 Å². The second-order valence-electron chi connectivity index (χ2n) is 3.98. The average molecular weight is 332 g/mol. The number of thiophene rings is 1. The number of hydrogen-bond acceptors (Lipinski definition) is 2. The van der Waals surface area contributed by atoms with Crippen LogP contribution in [0.1, 0.15) is 27.0 Å². The van der Waals surface area contributed by atoms with Crippen molar-refractivity contribution in [2.45, 2.75) is 20.0 Å². The van der Waals surface area contributed by atoms with Gasteiger partial charge in [0, 0.05) is 14.2 Å². The van der Waals surface area contributed by atoms with Crippen LogP contribution < -0.4 is 0 Å². The first-order valence-corrected chi connectivity index (χ1v) is 7.17. The summed E-state index contributed by atoms with van der Waals surface area (Å²) in [6, 6.07) is 7.60. The first-order valence-electron chi connectivity index (χ1n) is 5.19. The van der Waals surface area contributed by atoms with Gasteiger partial charge in [0.25, 0.3) is 0 Å². The highest BCUT2D eigenvalue weighted by Gasteiger charge is 2.16. The molecule has 0 amide bonds. The maximum Gasteiger partial charge on any atom is 0.113 e. The molecule has 0 aliphatic rings. The van der Waals surface area contributed by atoms with Crippen LogP contribution >= 0.6 is 38.9 Å². The Balaban J connectivity index is 2.40. The van der Waals surface area contributed by atoms with E-state index < -0.39 is 6.10 Å². The van der Waals surface area contributed by atoms with Crippen molar-refractivity contribution in [2.75, 3.05) is 0 Å². The van der Waals surface area contributed by atoms with Gasteiger partial charge in [-0.05, 0) is 59.1 Å². The Morgan fingerprint density at radius 3 is 2.53 bits per heavy atom. The van der Waals surface area contributed by atoms with Crippen molar-refractivity contribution in [2.24, 2.45) is 0 Å². The Bertz CT molecular complexity index is 550. The van der Waals surface area contributed by atoms with Crippen LogP contribution in [0.2, 0.25) is 5.02 Å². The second-order valence-corrected chi connectivity index (χ2v) is 6.53. The van der Waals surface area contributed by atoms with Crippen LogP contribution in [0.3, 0.4) is 0 Å². The van der Waals surface area contributed by atoms with Crippen molar-refractivity contribution in [1.82, 2.24) is 0 Å². The third kappa shape index (κ3) is 2.74. The minimum atomic E-state index is -0.581. The Hall–Kier alpha value is -0.350. The largest absolute Gasteiger partial charge is 0.383 e. The minimum absolute atomic E-state index is 0.581. The number of benzene rings is 1. The van der Waals surface area contributed by atoms with Gasteiger partial charge >= 0.3 is 0 Å². The maximum atomic E-state index is 10.3. The zero-order valence-electron chi connectivity index (χ0n) is 9.50. The number of aliphatic hydroxyl groups is 1. The van der Waals surface area contributed by atoms with Gasteiger partial charge in [-0.25, -0.2) is 0 Å². The third-order valence-corrected chi connectivity index (χ3v) is 5.01. The van der Waals surface area contributed by atoms with Crippen molar-refractivity contribution in [3.05, 3.63) is 54.6 Å². The molecule has 4 heteroatoms. The van der Waals surface area contributed by atoms with Gasteiger partial charge in [0.2, 0.25) is 0 Å². The SMILES string of the molecule is Cc1cc(C)c(C(O)c2ccc(Cl)c(Br)c2)s1. The van der Waals surface area contributed by atoms with Gasteiger partial charge in [-0.15, -0.1) is 11.3 Å². The average Bonchev–Trinajstić information content (AvgIpc) is 2.61. The van der Waals surface area contributed by atoms with E-state index in [1.54, 1.807) is 17.4 Å². The summed E-state index contributed by atoms with van der Waals surface area (Å²) in [4.78, 5) is 2.21. The first kappa shape index (κ1) is 13.1. The van der Waals surface area contributed by atoms with Crippen LogP contribution in [0.5, 0.6) is 0 Å². The highest BCUT2D eigenvalue weighted by Crippen LogP contribution is 2.34. The van der Waals surface area contributed by atoms with Crippen LogP contribution in [0, 0.1) is 13.8 Å². The summed E-state index contributed by atoms with van der Waals surface area (Å²) < 4.78 is 0.807. The molecule has 2 rings (SSSR count). The van der Waals surface area contributed by atoms with E-state index in [0.29, 0.717) is 5.02 Å². The van der Waals surface area contributed by atoms with Gasteiger partial charge in [0.05, 0.1) is 5.02 Å². The molecule has 1 unspecified atom stereocenters. The van der Waals surface area contributed by atoms with Crippen LogP contribution in [0.15, 0.2) is 28.7 Å². The minimum Gasteiger partial charge on any atom is -0.383 e. The smallest absolute Gasteiger partial charge is 0.113 e. The van der Waals surface area contributed by atoms with E-state index in [0.717, 1.165) is 20.5 Å². The van der Waals surface area contributed by atoms with Crippen LogP contribution in [-0.4, -0.2) is 5.11 Å². The van der Waals surface area contributed by atoms with E-state index in [2.05, 4.69) is 22.0 Å². The Morgan fingerprint density at radius 2 is 2.00 bits per heavy atom. The molecule has 0 aliphatic heterocycles. The van der Waals surface area contributed by atoms with Crippen molar-refractivity contribution in [1.29, 1.82) is 0 Å². The Kier molecular flexibility index (Phi) is 3.93. The fourth-order valence-electron chi connectivity index (χ4n) is 1.76. The Labute approximate surface area is 118 Å².